The standard InChI is InChI=1S/C20H35N5O3S/c1-21-8-12-24(13-9-21)29(27,28)25-14-10-23(11-15-25)18-20(26)17-22(2)16-19-6-4-3-5-7-19/h3-7,20,26H,8-18H2,1-2H3. The molecule has 1 aromatic carbocycles. The molecule has 29 heavy (non-hydrogen) atoms. The molecule has 2 aliphatic heterocycles. The highest BCUT2D eigenvalue weighted by Gasteiger charge is 2.34. The number of likely N-dealkylation sites (N-methyl/N-ethyl adjacent to an activating group) is 2. The number of piperazine rings is 2. The minimum Gasteiger partial charge on any atom is -0.390 e. The van der Waals surface area contributed by atoms with Gasteiger partial charge < -0.3 is 10.0 Å². The summed E-state index contributed by atoms with van der Waals surface area (Å²) in [5, 5.41) is 10.5. The van der Waals surface area contributed by atoms with Crippen LogP contribution in [-0.2, 0) is 16.8 Å². The van der Waals surface area contributed by atoms with Crippen LogP contribution < -0.4 is 0 Å². The van der Waals surface area contributed by atoms with Crippen molar-refractivity contribution in [3.05, 3.63) is 35.9 Å². The third kappa shape index (κ3) is 6.45. The Hall–Kier alpha value is -1.07. The molecule has 1 aromatic rings. The van der Waals surface area contributed by atoms with Crippen molar-refractivity contribution < 1.29 is 13.5 Å². The number of hydrogen-bond acceptors (Lipinski definition) is 6. The molecule has 0 saturated carbocycles. The second-order valence-electron chi connectivity index (χ2n) is 8.25. The van der Waals surface area contributed by atoms with Crippen molar-refractivity contribution in [3.8, 4) is 0 Å². The van der Waals surface area contributed by atoms with Crippen molar-refractivity contribution in [2.75, 3.05) is 79.5 Å². The summed E-state index contributed by atoms with van der Waals surface area (Å²) in [6, 6.07) is 10.2. The van der Waals surface area contributed by atoms with Crippen LogP contribution in [0.4, 0.5) is 0 Å². The zero-order chi connectivity index (χ0) is 20.9. The normalized spacial score (nSPS) is 22.2. The van der Waals surface area contributed by atoms with E-state index in [-0.39, 0.29) is 0 Å². The predicted octanol–water partition coefficient (Wildman–Crippen LogP) is -0.411. The Morgan fingerprint density at radius 3 is 2.10 bits per heavy atom. The second kappa shape index (κ2) is 10.3. The lowest BCUT2D eigenvalue weighted by molar-refractivity contribution is 0.0657. The van der Waals surface area contributed by atoms with Gasteiger partial charge >= 0.3 is 0 Å². The smallest absolute Gasteiger partial charge is 0.282 e. The molecule has 2 aliphatic rings. The highest BCUT2D eigenvalue weighted by atomic mass is 32.2. The molecule has 2 saturated heterocycles. The Kier molecular flexibility index (Phi) is 8.03. The number of aliphatic hydroxyl groups is 1. The van der Waals surface area contributed by atoms with Crippen molar-refractivity contribution in [1.82, 2.24) is 23.3 Å². The van der Waals surface area contributed by atoms with Crippen molar-refractivity contribution in [2.45, 2.75) is 12.6 Å². The predicted molar refractivity (Wildman–Crippen MR) is 115 cm³/mol. The molecule has 0 radical (unpaired) electrons. The first-order valence-electron chi connectivity index (χ1n) is 10.4. The number of benzene rings is 1. The molecule has 2 heterocycles. The lowest BCUT2D eigenvalue weighted by Crippen LogP contribution is -2.57. The van der Waals surface area contributed by atoms with Crippen LogP contribution in [0.2, 0.25) is 0 Å². The van der Waals surface area contributed by atoms with Gasteiger partial charge in [0, 0.05) is 72.0 Å². The summed E-state index contributed by atoms with van der Waals surface area (Å²) in [5.41, 5.74) is 1.23. The molecule has 2 fully saturated rings. The van der Waals surface area contributed by atoms with Gasteiger partial charge in [-0.25, -0.2) is 0 Å². The zero-order valence-electron chi connectivity index (χ0n) is 17.7. The van der Waals surface area contributed by atoms with E-state index in [1.165, 1.54) is 5.56 Å². The average Bonchev–Trinajstić information content (AvgIpc) is 2.69. The maximum absolute atomic E-state index is 12.9. The Morgan fingerprint density at radius 1 is 0.966 bits per heavy atom. The van der Waals surface area contributed by atoms with Crippen LogP contribution in [0, 0.1) is 0 Å². The first-order chi connectivity index (χ1) is 13.8. The van der Waals surface area contributed by atoms with E-state index in [4.69, 9.17) is 0 Å². The van der Waals surface area contributed by atoms with E-state index in [1.54, 1.807) is 8.61 Å². The van der Waals surface area contributed by atoms with Crippen LogP contribution in [-0.4, -0.2) is 122 Å². The highest BCUT2D eigenvalue weighted by Crippen LogP contribution is 2.15. The first kappa shape index (κ1) is 22.6. The van der Waals surface area contributed by atoms with Crippen LogP contribution in [0.25, 0.3) is 0 Å². The number of rotatable bonds is 8. The molecule has 0 aliphatic carbocycles. The fourth-order valence-electron chi connectivity index (χ4n) is 4.00. The van der Waals surface area contributed by atoms with Gasteiger partial charge in [-0.05, 0) is 19.7 Å². The third-order valence-corrected chi connectivity index (χ3v) is 7.77. The average molecular weight is 426 g/mol. The summed E-state index contributed by atoms with van der Waals surface area (Å²) < 4.78 is 28.9. The summed E-state index contributed by atoms with van der Waals surface area (Å²) in [6.45, 7) is 6.94. The molecule has 3 rings (SSSR count). The molecule has 1 unspecified atom stereocenters. The molecular weight excluding hydrogens is 390 g/mol. The van der Waals surface area contributed by atoms with Gasteiger partial charge in [-0.1, -0.05) is 30.3 Å². The van der Waals surface area contributed by atoms with E-state index >= 15 is 0 Å². The van der Waals surface area contributed by atoms with Gasteiger partial charge in [0.15, 0.2) is 0 Å². The molecule has 1 N–H and O–H groups in total. The van der Waals surface area contributed by atoms with Gasteiger partial charge in [-0.15, -0.1) is 0 Å². The molecule has 1 atom stereocenters. The molecule has 0 spiro atoms. The molecule has 164 valence electrons. The van der Waals surface area contributed by atoms with Crippen LogP contribution in [0.5, 0.6) is 0 Å². The van der Waals surface area contributed by atoms with E-state index in [0.29, 0.717) is 52.4 Å². The lowest BCUT2D eigenvalue weighted by Gasteiger charge is -2.39. The van der Waals surface area contributed by atoms with Gasteiger partial charge in [0.25, 0.3) is 10.2 Å². The highest BCUT2D eigenvalue weighted by molar-refractivity contribution is 7.86. The zero-order valence-corrected chi connectivity index (χ0v) is 18.5. The largest absolute Gasteiger partial charge is 0.390 e. The van der Waals surface area contributed by atoms with Crippen molar-refractivity contribution in [2.24, 2.45) is 0 Å². The fourth-order valence-corrected chi connectivity index (χ4v) is 5.58. The molecular formula is C20H35N5O3S. The van der Waals surface area contributed by atoms with E-state index in [1.807, 2.05) is 32.3 Å². The van der Waals surface area contributed by atoms with E-state index in [2.05, 4.69) is 26.8 Å². The van der Waals surface area contributed by atoms with E-state index in [9.17, 15) is 13.5 Å². The maximum atomic E-state index is 12.9. The van der Waals surface area contributed by atoms with Crippen molar-refractivity contribution >= 4 is 10.2 Å². The van der Waals surface area contributed by atoms with E-state index < -0.39 is 16.3 Å². The number of hydrogen-bond donors (Lipinski definition) is 1. The molecule has 0 amide bonds. The molecule has 8 nitrogen and oxygen atoms in total. The summed E-state index contributed by atoms with van der Waals surface area (Å²) in [7, 11) is 0.658. The Bertz CT molecular complexity index is 717. The first-order valence-corrected chi connectivity index (χ1v) is 11.8. The van der Waals surface area contributed by atoms with Gasteiger partial charge in [0.05, 0.1) is 6.10 Å². The van der Waals surface area contributed by atoms with Crippen LogP contribution in [0.3, 0.4) is 0 Å². The summed E-state index contributed by atoms with van der Waals surface area (Å²) in [5.74, 6) is 0. The number of aliphatic hydroxyl groups excluding tert-OH is 1. The Morgan fingerprint density at radius 2 is 1.52 bits per heavy atom. The van der Waals surface area contributed by atoms with Gasteiger partial charge in [0.1, 0.15) is 0 Å². The second-order valence-corrected chi connectivity index (χ2v) is 10.2. The fraction of sp³-hybridized carbons (Fsp3) is 0.700. The summed E-state index contributed by atoms with van der Waals surface area (Å²) in [6.07, 6.45) is -0.454. The van der Waals surface area contributed by atoms with E-state index in [0.717, 1.165) is 19.6 Å². The number of nitrogens with zero attached hydrogens (tertiary/aromatic N) is 5. The maximum Gasteiger partial charge on any atom is 0.282 e. The van der Waals surface area contributed by atoms with Gasteiger partial charge in [-0.2, -0.15) is 17.0 Å². The molecule has 0 aromatic heterocycles. The van der Waals surface area contributed by atoms with Crippen molar-refractivity contribution in [3.63, 3.8) is 0 Å². The van der Waals surface area contributed by atoms with Gasteiger partial charge in [0.2, 0.25) is 0 Å². The van der Waals surface area contributed by atoms with Gasteiger partial charge in [-0.3, -0.25) is 9.80 Å². The van der Waals surface area contributed by atoms with Crippen LogP contribution in [0.15, 0.2) is 30.3 Å². The summed E-state index contributed by atoms with van der Waals surface area (Å²) >= 11 is 0. The monoisotopic (exact) mass is 425 g/mol. The topological polar surface area (TPSA) is 70.6 Å². The quantitative estimate of drug-likeness (QED) is 0.611. The molecule has 0 bridgehead atoms. The molecule has 9 heteroatoms. The Labute approximate surface area is 175 Å². The van der Waals surface area contributed by atoms with Crippen LogP contribution in [0.1, 0.15) is 5.56 Å². The lowest BCUT2D eigenvalue weighted by atomic mass is 10.2. The summed E-state index contributed by atoms with van der Waals surface area (Å²) in [4.78, 5) is 6.44. The SMILES string of the molecule is CN1CCN(S(=O)(=O)N2CCN(CC(O)CN(C)Cc3ccccc3)CC2)CC1. The minimum atomic E-state index is -3.37. The minimum absolute atomic E-state index is 0.454. The number of β-amino-alcohol motifs (C(OH)–C–C–N with tert-alkyl or cyclic N) is 1. The van der Waals surface area contributed by atoms with Crippen LogP contribution >= 0.6 is 0 Å². The van der Waals surface area contributed by atoms with Crippen molar-refractivity contribution in [1.29, 1.82) is 0 Å². The third-order valence-electron chi connectivity index (χ3n) is 5.73. The Balaban J connectivity index is 1.41.